The molecule has 0 saturated carbocycles. The van der Waals surface area contributed by atoms with Crippen molar-refractivity contribution >= 4 is 17.5 Å². The van der Waals surface area contributed by atoms with Crippen LogP contribution in [-0.2, 0) is 0 Å². The molecule has 0 spiro atoms. The number of para-hydroxylation sites is 1. The standard InChI is InChI=1S/C18H16F2N2O2/c1-21(12-6-3-2-4-7-12)10-5-11-22-17(23)15-13(19)8-9-14(20)16(15)18(22)24/h2-4,6-9H,5,10-11H2,1H3. The third-order valence-electron chi connectivity index (χ3n) is 4.09. The van der Waals surface area contributed by atoms with Crippen molar-refractivity contribution in [1.82, 2.24) is 4.90 Å². The maximum atomic E-state index is 13.8. The number of amides is 2. The van der Waals surface area contributed by atoms with Crippen LogP contribution in [0.1, 0.15) is 27.1 Å². The van der Waals surface area contributed by atoms with Crippen molar-refractivity contribution in [2.75, 3.05) is 25.0 Å². The molecule has 2 aromatic rings. The lowest BCUT2D eigenvalue weighted by Crippen LogP contribution is -2.33. The Balaban J connectivity index is 1.67. The Bertz CT molecular complexity index is 752. The van der Waals surface area contributed by atoms with Crippen LogP contribution in [0.15, 0.2) is 42.5 Å². The van der Waals surface area contributed by atoms with Crippen molar-refractivity contribution in [2.45, 2.75) is 6.42 Å². The van der Waals surface area contributed by atoms with Crippen molar-refractivity contribution in [3.63, 3.8) is 0 Å². The summed E-state index contributed by atoms with van der Waals surface area (Å²) < 4.78 is 27.5. The summed E-state index contributed by atoms with van der Waals surface area (Å²) in [5.41, 5.74) is 0.0878. The number of halogens is 2. The zero-order valence-corrected chi connectivity index (χ0v) is 13.1. The monoisotopic (exact) mass is 330 g/mol. The second kappa shape index (κ2) is 6.39. The van der Waals surface area contributed by atoms with Crippen LogP contribution in [0.5, 0.6) is 0 Å². The topological polar surface area (TPSA) is 40.6 Å². The number of carbonyl (C=O) groups is 2. The summed E-state index contributed by atoms with van der Waals surface area (Å²) >= 11 is 0. The van der Waals surface area contributed by atoms with Crippen LogP contribution in [0, 0.1) is 11.6 Å². The molecule has 0 atom stereocenters. The molecule has 0 aliphatic carbocycles. The summed E-state index contributed by atoms with van der Waals surface area (Å²) in [4.78, 5) is 27.3. The van der Waals surface area contributed by atoms with Gasteiger partial charge in [0.1, 0.15) is 11.6 Å². The number of hydrogen-bond acceptors (Lipinski definition) is 3. The van der Waals surface area contributed by atoms with Gasteiger partial charge in [0.25, 0.3) is 11.8 Å². The van der Waals surface area contributed by atoms with Gasteiger partial charge in [-0.15, -0.1) is 0 Å². The molecular weight excluding hydrogens is 314 g/mol. The highest BCUT2D eigenvalue weighted by Gasteiger charge is 2.39. The van der Waals surface area contributed by atoms with Gasteiger partial charge in [0.05, 0.1) is 11.1 Å². The largest absolute Gasteiger partial charge is 0.375 e. The first-order chi connectivity index (χ1) is 11.5. The Hall–Kier alpha value is -2.76. The van der Waals surface area contributed by atoms with E-state index in [9.17, 15) is 18.4 Å². The fourth-order valence-corrected chi connectivity index (χ4v) is 2.81. The predicted molar refractivity (Wildman–Crippen MR) is 86.1 cm³/mol. The zero-order valence-electron chi connectivity index (χ0n) is 13.1. The molecule has 1 aliphatic heterocycles. The number of imide groups is 1. The molecule has 24 heavy (non-hydrogen) atoms. The van der Waals surface area contributed by atoms with Gasteiger partial charge in [0.15, 0.2) is 0 Å². The fourth-order valence-electron chi connectivity index (χ4n) is 2.81. The summed E-state index contributed by atoms with van der Waals surface area (Å²) in [5, 5.41) is 0. The number of nitrogens with zero attached hydrogens (tertiary/aromatic N) is 2. The van der Waals surface area contributed by atoms with E-state index in [0.29, 0.717) is 13.0 Å². The molecule has 0 bridgehead atoms. The SMILES string of the molecule is CN(CCCN1C(=O)c2c(F)ccc(F)c2C1=O)c1ccccc1. The highest BCUT2D eigenvalue weighted by atomic mass is 19.1. The van der Waals surface area contributed by atoms with Gasteiger partial charge in [-0.05, 0) is 30.7 Å². The van der Waals surface area contributed by atoms with Gasteiger partial charge in [0, 0.05) is 25.8 Å². The quantitative estimate of drug-likeness (QED) is 0.791. The van der Waals surface area contributed by atoms with Crippen LogP contribution < -0.4 is 4.90 Å². The molecule has 124 valence electrons. The van der Waals surface area contributed by atoms with Crippen LogP contribution >= 0.6 is 0 Å². The average Bonchev–Trinajstić information content (AvgIpc) is 2.84. The lowest BCUT2D eigenvalue weighted by atomic mass is 10.1. The second-order valence-corrected chi connectivity index (χ2v) is 5.65. The van der Waals surface area contributed by atoms with Crippen LogP contribution in [0.25, 0.3) is 0 Å². The van der Waals surface area contributed by atoms with Crippen LogP contribution in [0.3, 0.4) is 0 Å². The van der Waals surface area contributed by atoms with E-state index in [1.165, 1.54) is 0 Å². The molecule has 2 aromatic carbocycles. The van der Waals surface area contributed by atoms with E-state index in [4.69, 9.17) is 0 Å². The smallest absolute Gasteiger partial charge is 0.264 e. The number of rotatable bonds is 5. The summed E-state index contributed by atoms with van der Waals surface area (Å²) in [5.74, 6) is -3.27. The maximum Gasteiger partial charge on any atom is 0.264 e. The molecule has 0 aromatic heterocycles. The van der Waals surface area contributed by atoms with E-state index in [0.717, 1.165) is 22.7 Å². The summed E-state index contributed by atoms with van der Waals surface area (Å²) in [6.07, 6.45) is 0.500. The van der Waals surface area contributed by atoms with Crippen molar-refractivity contribution < 1.29 is 18.4 Å². The first kappa shape index (κ1) is 16.1. The fraction of sp³-hybridized carbons (Fsp3) is 0.222. The molecule has 0 saturated heterocycles. The Morgan fingerprint density at radius 3 is 2.00 bits per heavy atom. The average molecular weight is 330 g/mol. The molecule has 0 radical (unpaired) electrons. The van der Waals surface area contributed by atoms with E-state index >= 15 is 0 Å². The highest BCUT2D eigenvalue weighted by Crippen LogP contribution is 2.27. The highest BCUT2D eigenvalue weighted by molar-refractivity contribution is 6.21. The number of hydrogen-bond donors (Lipinski definition) is 0. The number of benzene rings is 2. The Morgan fingerprint density at radius 2 is 1.46 bits per heavy atom. The third kappa shape index (κ3) is 2.75. The first-order valence-electron chi connectivity index (χ1n) is 7.61. The van der Waals surface area contributed by atoms with E-state index in [1.807, 2.05) is 42.3 Å². The van der Waals surface area contributed by atoms with Gasteiger partial charge >= 0.3 is 0 Å². The number of carbonyl (C=O) groups excluding carboxylic acids is 2. The van der Waals surface area contributed by atoms with E-state index < -0.39 is 34.6 Å². The summed E-state index contributed by atoms with van der Waals surface area (Å²) in [6, 6.07) is 11.4. The number of anilines is 1. The molecule has 3 rings (SSSR count). The zero-order chi connectivity index (χ0) is 17.3. The third-order valence-corrected chi connectivity index (χ3v) is 4.09. The number of fused-ring (bicyclic) bond motifs is 1. The van der Waals surface area contributed by atoms with Gasteiger partial charge < -0.3 is 4.90 Å². The van der Waals surface area contributed by atoms with Crippen LogP contribution in [0.2, 0.25) is 0 Å². The van der Waals surface area contributed by atoms with E-state index in [2.05, 4.69) is 0 Å². The van der Waals surface area contributed by atoms with E-state index in [-0.39, 0.29) is 6.54 Å². The first-order valence-corrected chi connectivity index (χ1v) is 7.61. The predicted octanol–water partition coefficient (Wildman–Crippen LogP) is 3.09. The summed E-state index contributed by atoms with van der Waals surface area (Å²) in [7, 11) is 1.90. The molecule has 0 N–H and O–H groups in total. The van der Waals surface area contributed by atoms with Crippen LogP contribution in [-0.4, -0.2) is 36.9 Å². The lowest BCUT2D eigenvalue weighted by molar-refractivity contribution is 0.0651. The minimum atomic E-state index is -0.867. The molecule has 6 heteroatoms. The Kier molecular flexibility index (Phi) is 4.29. The molecule has 0 fully saturated rings. The minimum Gasteiger partial charge on any atom is -0.375 e. The molecule has 4 nitrogen and oxygen atoms in total. The van der Waals surface area contributed by atoms with Gasteiger partial charge in [-0.1, -0.05) is 18.2 Å². The molecule has 2 amide bonds. The minimum absolute atomic E-state index is 0.113. The van der Waals surface area contributed by atoms with Crippen molar-refractivity contribution in [3.8, 4) is 0 Å². The normalized spacial score (nSPS) is 13.4. The Labute approximate surface area is 138 Å². The molecular formula is C18H16F2N2O2. The molecule has 1 heterocycles. The van der Waals surface area contributed by atoms with Gasteiger partial charge in [0.2, 0.25) is 0 Å². The second-order valence-electron chi connectivity index (χ2n) is 5.65. The maximum absolute atomic E-state index is 13.8. The van der Waals surface area contributed by atoms with Gasteiger partial charge in [-0.25, -0.2) is 8.78 Å². The van der Waals surface area contributed by atoms with Crippen molar-refractivity contribution in [3.05, 3.63) is 65.2 Å². The van der Waals surface area contributed by atoms with Crippen LogP contribution in [0.4, 0.5) is 14.5 Å². The van der Waals surface area contributed by atoms with Crippen molar-refractivity contribution in [1.29, 1.82) is 0 Å². The van der Waals surface area contributed by atoms with E-state index in [1.54, 1.807) is 0 Å². The lowest BCUT2D eigenvalue weighted by Gasteiger charge is -2.21. The Morgan fingerprint density at radius 1 is 0.917 bits per heavy atom. The molecule has 0 unspecified atom stereocenters. The van der Waals surface area contributed by atoms with Crippen molar-refractivity contribution in [2.24, 2.45) is 0 Å². The molecule has 1 aliphatic rings. The summed E-state index contributed by atoms with van der Waals surface area (Å²) in [6.45, 7) is 0.713. The van der Waals surface area contributed by atoms with Gasteiger partial charge in [-0.3, -0.25) is 14.5 Å². The van der Waals surface area contributed by atoms with Gasteiger partial charge in [-0.2, -0.15) is 0 Å².